The van der Waals surface area contributed by atoms with Crippen molar-refractivity contribution in [1.29, 1.82) is 0 Å². The molecular weight excluding hydrogens is 430 g/mol. The standard InChI is InChI=1S/C25H35N7O2/c26-20-2-1-11-30(12-7-20)21-5-3-18-4-6-22(17-19(18)16-21)32-13-8-23(29-25(32)34)28-24(33)31-14-9-27-10-15-31/h4,6,8,13,17,20-21,27H,1-3,5,7,9-12,14-16,26H2,(H,28,29,33,34). The number of urea groups is 1. The van der Waals surface area contributed by atoms with E-state index in [4.69, 9.17) is 5.73 Å². The number of nitrogens with one attached hydrogen (secondary N) is 2. The molecule has 0 saturated carbocycles. The van der Waals surface area contributed by atoms with Crippen molar-refractivity contribution in [2.75, 3.05) is 44.6 Å². The van der Waals surface area contributed by atoms with Crippen molar-refractivity contribution in [3.05, 3.63) is 52.1 Å². The molecule has 3 aliphatic rings. The minimum atomic E-state index is -0.396. The largest absolute Gasteiger partial charge is 0.354 e. The molecule has 2 amide bonds. The van der Waals surface area contributed by atoms with Crippen molar-refractivity contribution in [3.63, 3.8) is 0 Å². The lowest BCUT2D eigenvalue weighted by atomic mass is 9.87. The Kier molecular flexibility index (Phi) is 6.94. The zero-order chi connectivity index (χ0) is 23.5. The molecule has 2 fully saturated rings. The van der Waals surface area contributed by atoms with E-state index < -0.39 is 5.69 Å². The molecule has 0 spiro atoms. The van der Waals surface area contributed by atoms with Gasteiger partial charge >= 0.3 is 11.7 Å². The molecule has 1 aliphatic carbocycles. The summed E-state index contributed by atoms with van der Waals surface area (Å²) in [6, 6.07) is 8.59. The first-order valence-electron chi connectivity index (χ1n) is 12.5. The molecule has 9 heteroatoms. The Morgan fingerprint density at radius 3 is 2.74 bits per heavy atom. The second-order valence-corrected chi connectivity index (χ2v) is 9.71. The van der Waals surface area contributed by atoms with Gasteiger partial charge in [0.1, 0.15) is 5.82 Å². The molecule has 0 radical (unpaired) electrons. The number of aromatic nitrogens is 2. The van der Waals surface area contributed by atoms with E-state index in [0.29, 0.717) is 25.2 Å². The number of hydrogen-bond acceptors (Lipinski definition) is 6. The van der Waals surface area contributed by atoms with Crippen LogP contribution in [0.15, 0.2) is 35.3 Å². The van der Waals surface area contributed by atoms with E-state index in [1.165, 1.54) is 24.0 Å². The van der Waals surface area contributed by atoms with E-state index >= 15 is 0 Å². The van der Waals surface area contributed by atoms with Gasteiger partial charge in [-0.2, -0.15) is 4.98 Å². The highest BCUT2D eigenvalue weighted by Gasteiger charge is 2.26. The maximum Gasteiger partial charge on any atom is 0.354 e. The van der Waals surface area contributed by atoms with Crippen molar-refractivity contribution >= 4 is 11.8 Å². The third-order valence-electron chi connectivity index (χ3n) is 7.44. The fourth-order valence-electron chi connectivity index (χ4n) is 5.42. The summed E-state index contributed by atoms with van der Waals surface area (Å²) in [6.45, 7) is 5.02. The molecular formula is C25H35N7O2. The number of aryl methyl sites for hydroxylation is 1. The van der Waals surface area contributed by atoms with Crippen molar-refractivity contribution in [1.82, 2.24) is 24.7 Å². The van der Waals surface area contributed by atoms with Crippen molar-refractivity contribution in [2.24, 2.45) is 5.73 Å². The van der Waals surface area contributed by atoms with Crippen molar-refractivity contribution in [2.45, 2.75) is 50.6 Å². The summed E-state index contributed by atoms with van der Waals surface area (Å²) in [4.78, 5) is 33.7. The number of nitrogens with zero attached hydrogens (tertiary/aromatic N) is 4. The molecule has 2 saturated heterocycles. The number of amides is 2. The van der Waals surface area contributed by atoms with Crippen molar-refractivity contribution in [3.8, 4) is 5.69 Å². The Hall–Kier alpha value is -2.75. The Morgan fingerprint density at radius 2 is 1.91 bits per heavy atom. The average molecular weight is 466 g/mol. The predicted molar refractivity (Wildman–Crippen MR) is 133 cm³/mol. The lowest BCUT2D eigenvalue weighted by Crippen LogP contribution is -2.48. The molecule has 34 heavy (non-hydrogen) atoms. The lowest BCUT2D eigenvalue weighted by molar-refractivity contribution is 0.186. The van der Waals surface area contributed by atoms with E-state index in [9.17, 15) is 9.59 Å². The summed E-state index contributed by atoms with van der Waals surface area (Å²) in [7, 11) is 0. The Morgan fingerprint density at radius 1 is 1.06 bits per heavy atom. The maximum absolute atomic E-state index is 12.8. The number of hydrogen-bond donors (Lipinski definition) is 3. The van der Waals surface area contributed by atoms with Crippen LogP contribution in [-0.2, 0) is 12.8 Å². The summed E-state index contributed by atoms with van der Waals surface area (Å²) in [5.41, 5.74) is 9.28. The second kappa shape index (κ2) is 10.2. The fourth-order valence-corrected chi connectivity index (χ4v) is 5.42. The van der Waals surface area contributed by atoms with Gasteiger partial charge in [0.15, 0.2) is 0 Å². The van der Waals surface area contributed by atoms with Crippen LogP contribution >= 0.6 is 0 Å². The number of carbonyl (C=O) groups excluding carboxylic acids is 1. The number of piperazine rings is 1. The summed E-state index contributed by atoms with van der Waals surface area (Å²) in [5, 5.41) is 5.97. The van der Waals surface area contributed by atoms with Gasteiger partial charge in [-0.3, -0.25) is 14.8 Å². The van der Waals surface area contributed by atoms with E-state index in [-0.39, 0.29) is 11.8 Å². The number of benzene rings is 1. The summed E-state index contributed by atoms with van der Waals surface area (Å²) >= 11 is 0. The van der Waals surface area contributed by atoms with Gasteiger partial charge in [-0.25, -0.2) is 9.59 Å². The van der Waals surface area contributed by atoms with E-state index in [1.54, 1.807) is 21.7 Å². The van der Waals surface area contributed by atoms with Gasteiger partial charge in [0.2, 0.25) is 0 Å². The van der Waals surface area contributed by atoms with Gasteiger partial charge in [0, 0.05) is 44.5 Å². The molecule has 0 bridgehead atoms. The molecule has 4 N–H and O–H groups in total. The summed E-state index contributed by atoms with van der Waals surface area (Å²) in [6.07, 6.45) is 8.29. The topological polar surface area (TPSA) is 109 Å². The van der Waals surface area contributed by atoms with Crippen LogP contribution in [0.2, 0.25) is 0 Å². The first-order valence-corrected chi connectivity index (χ1v) is 12.5. The first kappa shape index (κ1) is 23.0. The average Bonchev–Trinajstić information content (AvgIpc) is 3.08. The highest BCUT2D eigenvalue weighted by molar-refractivity contribution is 5.88. The maximum atomic E-state index is 12.8. The van der Waals surface area contributed by atoms with Crippen LogP contribution in [0.4, 0.5) is 10.6 Å². The fraction of sp³-hybridized carbons (Fsp3) is 0.560. The zero-order valence-electron chi connectivity index (χ0n) is 19.7. The highest BCUT2D eigenvalue weighted by atomic mass is 16.2. The normalized spacial score (nSPS) is 23.7. The quantitative estimate of drug-likeness (QED) is 0.631. The number of carbonyl (C=O) groups is 1. The Labute approximate surface area is 200 Å². The number of anilines is 1. The van der Waals surface area contributed by atoms with Crippen molar-refractivity contribution < 1.29 is 4.79 Å². The predicted octanol–water partition coefficient (Wildman–Crippen LogP) is 1.34. The molecule has 182 valence electrons. The van der Waals surface area contributed by atoms with Crippen LogP contribution in [-0.4, -0.2) is 76.7 Å². The zero-order valence-corrected chi connectivity index (χ0v) is 19.7. The summed E-state index contributed by atoms with van der Waals surface area (Å²) in [5.74, 6) is 0.280. The van der Waals surface area contributed by atoms with Crippen LogP contribution in [0.25, 0.3) is 5.69 Å². The molecule has 9 nitrogen and oxygen atoms in total. The number of likely N-dealkylation sites (tertiary alicyclic amines) is 1. The molecule has 2 aromatic rings. The number of rotatable bonds is 3. The van der Waals surface area contributed by atoms with Gasteiger partial charge in [-0.1, -0.05) is 6.07 Å². The second-order valence-electron chi connectivity index (χ2n) is 9.71. The van der Waals surface area contributed by atoms with Crippen LogP contribution in [0.5, 0.6) is 0 Å². The van der Waals surface area contributed by atoms with Gasteiger partial charge in [-0.15, -0.1) is 0 Å². The van der Waals surface area contributed by atoms with Crippen LogP contribution in [0, 0.1) is 0 Å². The third kappa shape index (κ3) is 5.16. The Bertz CT molecular complexity index is 1080. The minimum absolute atomic E-state index is 0.222. The molecule has 1 aromatic carbocycles. The minimum Gasteiger partial charge on any atom is -0.328 e. The van der Waals surface area contributed by atoms with E-state index in [0.717, 1.165) is 57.5 Å². The molecule has 3 heterocycles. The van der Waals surface area contributed by atoms with Gasteiger partial charge in [0.05, 0.1) is 5.69 Å². The van der Waals surface area contributed by atoms with E-state index in [1.807, 2.05) is 6.07 Å². The third-order valence-corrected chi connectivity index (χ3v) is 7.44. The van der Waals surface area contributed by atoms with Gasteiger partial charge < -0.3 is 16.0 Å². The molecule has 5 rings (SSSR count). The monoisotopic (exact) mass is 465 g/mol. The van der Waals surface area contributed by atoms with E-state index in [2.05, 4.69) is 32.7 Å². The van der Waals surface area contributed by atoms with Crippen LogP contribution < -0.4 is 22.1 Å². The molecule has 1 aromatic heterocycles. The lowest BCUT2D eigenvalue weighted by Gasteiger charge is -2.34. The number of nitrogens with two attached hydrogens (primary N) is 1. The first-order chi connectivity index (χ1) is 16.6. The van der Waals surface area contributed by atoms with Crippen LogP contribution in [0.1, 0.15) is 36.8 Å². The molecule has 2 aliphatic heterocycles. The van der Waals surface area contributed by atoms with Gasteiger partial charge in [-0.05, 0) is 80.9 Å². The molecule has 2 unspecified atom stereocenters. The highest BCUT2D eigenvalue weighted by Crippen LogP contribution is 2.28. The molecule has 2 atom stereocenters. The SMILES string of the molecule is NC1CCCN(C2CCc3ccc(-n4ccc(NC(=O)N5CCNCC5)nc4=O)cc3C2)CC1. The Balaban J connectivity index is 1.29. The van der Waals surface area contributed by atoms with Gasteiger partial charge in [0.25, 0.3) is 0 Å². The number of fused-ring (bicyclic) bond motifs is 1. The van der Waals surface area contributed by atoms with Crippen LogP contribution in [0.3, 0.4) is 0 Å². The smallest absolute Gasteiger partial charge is 0.328 e. The summed E-state index contributed by atoms with van der Waals surface area (Å²) < 4.78 is 1.55.